The lowest BCUT2D eigenvalue weighted by molar-refractivity contribution is 0.198. The predicted molar refractivity (Wildman–Crippen MR) is 89.2 cm³/mol. The summed E-state index contributed by atoms with van der Waals surface area (Å²) in [5, 5.41) is 7.25. The maximum absolute atomic E-state index is 5.00. The van der Waals surface area contributed by atoms with Crippen LogP contribution in [0.1, 0.15) is 37.4 Å². The summed E-state index contributed by atoms with van der Waals surface area (Å²) in [6, 6.07) is 0. The Balaban J connectivity index is 1.46. The molecule has 2 aliphatic rings. The van der Waals surface area contributed by atoms with Crippen molar-refractivity contribution >= 4 is 5.96 Å². The first-order valence-electron chi connectivity index (χ1n) is 8.71. The van der Waals surface area contributed by atoms with Gasteiger partial charge in [0.05, 0.1) is 6.54 Å². The van der Waals surface area contributed by atoms with E-state index in [1.807, 2.05) is 7.05 Å². The number of aromatic nitrogens is 2. The van der Waals surface area contributed by atoms with Crippen LogP contribution in [-0.2, 0) is 6.54 Å². The van der Waals surface area contributed by atoms with E-state index >= 15 is 0 Å². The van der Waals surface area contributed by atoms with Gasteiger partial charge >= 0.3 is 0 Å². The van der Waals surface area contributed by atoms with Gasteiger partial charge in [-0.25, -0.2) is 0 Å². The predicted octanol–water partition coefficient (Wildman–Crippen LogP) is 1.26. The minimum Gasteiger partial charge on any atom is -0.349 e. The molecule has 0 amide bonds. The second-order valence-electron chi connectivity index (χ2n) is 6.59. The monoisotopic (exact) mass is 320 g/mol. The topological polar surface area (TPSA) is 69.8 Å². The van der Waals surface area contributed by atoms with Gasteiger partial charge in [-0.05, 0) is 38.3 Å². The van der Waals surface area contributed by atoms with Crippen LogP contribution in [0.3, 0.4) is 0 Å². The molecule has 23 heavy (non-hydrogen) atoms. The average Bonchev–Trinajstić information content (AvgIpc) is 3.19. The Bertz CT molecular complexity index is 522. The number of aliphatic imine (C=N–C) groups is 1. The Morgan fingerprint density at radius 3 is 2.83 bits per heavy atom. The van der Waals surface area contributed by atoms with E-state index in [4.69, 9.17) is 4.52 Å². The van der Waals surface area contributed by atoms with Crippen molar-refractivity contribution in [2.45, 2.75) is 39.2 Å². The Labute approximate surface area is 138 Å². The molecule has 1 N–H and O–H groups in total. The van der Waals surface area contributed by atoms with E-state index in [1.165, 1.54) is 45.3 Å². The Hall–Kier alpha value is -1.63. The lowest BCUT2D eigenvalue weighted by atomic mass is 10.1. The number of hydrogen-bond acceptors (Lipinski definition) is 5. The van der Waals surface area contributed by atoms with Gasteiger partial charge < -0.3 is 19.6 Å². The highest BCUT2D eigenvalue weighted by Gasteiger charge is 2.27. The van der Waals surface area contributed by atoms with Crippen molar-refractivity contribution in [2.75, 3.05) is 39.8 Å². The van der Waals surface area contributed by atoms with Crippen molar-refractivity contribution in [1.82, 2.24) is 25.3 Å². The first-order chi connectivity index (χ1) is 11.2. The van der Waals surface area contributed by atoms with Crippen LogP contribution in [0.4, 0.5) is 0 Å². The standard InChI is InChI=1S/C16H28N6O/c1-13-19-15(20-23-13)10-18-16(17-2)22-9-6-14(12-22)11-21-7-4-3-5-8-21/h14H,3-12H2,1-2H3,(H,17,18). The number of nitrogens with one attached hydrogen (secondary N) is 1. The fourth-order valence-corrected chi connectivity index (χ4v) is 3.58. The molecule has 2 fully saturated rings. The molecule has 3 rings (SSSR count). The summed E-state index contributed by atoms with van der Waals surface area (Å²) in [5.74, 6) is 2.96. The molecule has 0 radical (unpaired) electrons. The molecule has 3 heterocycles. The Kier molecular flexibility index (Phi) is 5.48. The van der Waals surface area contributed by atoms with Gasteiger partial charge in [0.2, 0.25) is 5.89 Å². The van der Waals surface area contributed by atoms with Crippen molar-refractivity contribution in [2.24, 2.45) is 10.9 Å². The van der Waals surface area contributed by atoms with E-state index < -0.39 is 0 Å². The summed E-state index contributed by atoms with van der Waals surface area (Å²) in [6.07, 6.45) is 5.38. The highest BCUT2D eigenvalue weighted by atomic mass is 16.5. The Morgan fingerprint density at radius 1 is 1.30 bits per heavy atom. The van der Waals surface area contributed by atoms with Gasteiger partial charge in [0.15, 0.2) is 11.8 Å². The lowest BCUT2D eigenvalue weighted by Gasteiger charge is -2.29. The fraction of sp³-hybridized carbons (Fsp3) is 0.812. The zero-order valence-corrected chi connectivity index (χ0v) is 14.3. The zero-order chi connectivity index (χ0) is 16.1. The number of likely N-dealkylation sites (tertiary alicyclic amines) is 2. The van der Waals surface area contributed by atoms with Crippen LogP contribution in [0.2, 0.25) is 0 Å². The van der Waals surface area contributed by atoms with Gasteiger partial charge in [0, 0.05) is 33.6 Å². The molecule has 7 nitrogen and oxygen atoms in total. The van der Waals surface area contributed by atoms with Crippen LogP contribution in [-0.4, -0.2) is 65.7 Å². The van der Waals surface area contributed by atoms with Crippen LogP contribution in [0.25, 0.3) is 0 Å². The van der Waals surface area contributed by atoms with E-state index in [2.05, 4.69) is 30.2 Å². The highest BCUT2D eigenvalue weighted by Crippen LogP contribution is 2.19. The number of hydrogen-bond donors (Lipinski definition) is 1. The van der Waals surface area contributed by atoms with E-state index in [1.54, 1.807) is 6.92 Å². The molecule has 1 unspecified atom stereocenters. The highest BCUT2D eigenvalue weighted by molar-refractivity contribution is 5.80. The third-order valence-electron chi connectivity index (χ3n) is 4.74. The van der Waals surface area contributed by atoms with E-state index in [0.717, 1.165) is 25.0 Å². The SMILES string of the molecule is CN=C(NCc1noc(C)n1)N1CCC(CN2CCCCC2)C1. The summed E-state index contributed by atoms with van der Waals surface area (Å²) in [5.41, 5.74) is 0. The number of piperidine rings is 1. The zero-order valence-electron chi connectivity index (χ0n) is 14.3. The molecular weight excluding hydrogens is 292 g/mol. The van der Waals surface area contributed by atoms with Crippen molar-refractivity contribution in [3.8, 4) is 0 Å². The Morgan fingerprint density at radius 2 is 2.13 bits per heavy atom. The molecule has 0 aromatic carbocycles. The van der Waals surface area contributed by atoms with E-state index in [0.29, 0.717) is 18.3 Å². The number of aryl methyl sites for hydroxylation is 1. The average molecular weight is 320 g/mol. The molecule has 0 saturated carbocycles. The van der Waals surface area contributed by atoms with Crippen LogP contribution >= 0.6 is 0 Å². The minimum atomic E-state index is 0.553. The summed E-state index contributed by atoms with van der Waals surface area (Å²) in [4.78, 5) is 13.6. The van der Waals surface area contributed by atoms with Gasteiger partial charge in [0.25, 0.3) is 0 Å². The minimum absolute atomic E-state index is 0.553. The first kappa shape index (κ1) is 16.2. The van der Waals surface area contributed by atoms with Crippen molar-refractivity contribution < 1.29 is 4.52 Å². The van der Waals surface area contributed by atoms with Crippen molar-refractivity contribution in [3.05, 3.63) is 11.7 Å². The molecule has 2 aliphatic heterocycles. The molecular formula is C16H28N6O. The third kappa shape index (κ3) is 4.43. The van der Waals surface area contributed by atoms with E-state index in [-0.39, 0.29) is 0 Å². The molecule has 7 heteroatoms. The maximum Gasteiger partial charge on any atom is 0.223 e. The normalized spacial score (nSPS) is 23.5. The van der Waals surface area contributed by atoms with Crippen LogP contribution in [0, 0.1) is 12.8 Å². The van der Waals surface area contributed by atoms with Gasteiger partial charge in [-0.1, -0.05) is 11.6 Å². The molecule has 1 aromatic rings. The van der Waals surface area contributed by atoms with Gasteiger partial charge in [-0.3, -0.25) is 4.99 Å². The van der Waals surface area contributed by atoms with Gasteiger partial charge in [-0.2, -0.15) is 4.98 Å². The molecule has 1 atom stereocenters. The van der Waals surface area contributed by atoms with Crippen LogP contribution in [0.5, 0.6) is 0 Å². The molecule has 2 saturated heterocycles. The van der Waals surface area contributed by atoms with Gasteiger partial charge in [-0.15, -0.1) is 0 Å². The summed E-state index contributed by atoms with van der Waals surface area (Å²) < 4.78 is 5.00. The summed E-state index contributed by atoms with van der Waals surface area (Å²) in [6.45, 7) is 8.30. The third-order valence-corrected chi connectivity index (χ3v) is 4.74. The second-order valence-corrected chi connectivity index (χ2v) is 6.59. The fourth-order valence-electron chi connectivity index (χ4n) is 3.58. The number of guanidine groups is 1. The molecule has 0 spiro atoms. The smallest absolute Gasteiger partial charge is 0.223 e. The number of nitrogens with zero attached hydrogens (tertiary/aromatic N) is 5. The first-order valence-corrected chi connectivity index (χ1v) is 8.71. The van der Waals surface area contributed by atoms with Crippen molar-refractivity contribution in [1.29, 1.82) is 0 Å². The quantitative estimate of drug-likeness (QED) is 0.665. The lowest BCUT2D eigenvalue weighted by Crippen LogP contribution is -2.41. The second kappa shape index (κ2) is 7.77. The molecule has 128 valence electrons. The van der Waals surface area contributed by atoms with Crippen LogP contribution in [0.15, 0.2) is 9.52 Å². The molecule has 1 aromatic heterocycles. The molecule has 0 aliphatic carbocycles. The largest absolute Gasteiger partial charge is 0.349 e. The van der Waals surface area contributed by atoms with Crippen molar-refractivity contribution in [3.63, 3.8) is 0 Å². The van der Waals surface area contributed by atoms with Crippen LogP contribution < -0.4 is 5.32 Å². The van der Waals surface area contributed by atoms with Gasteiger partial charge in [0.1, 0.15) is 0 Å². The summed E-state index contributed by atoms with van der Waals surface area (Å²) >= 11 is 0. The number of rotatable bonds is 4. The van der Waals surface area contributed by atoms with E-state index in [9.17, 15) is 0 Å². The summed E-state index contributed by atoms with van der Waals surface area (Å²) in [7, 11) is 1.84. The maximum atomic E-state index is 5.00. The molecule has 0 bridgehead atoms.